The third-order valence-electron chi connectivity index (χ3n) is 4.40. The zero-order chi connectivity index (χ0) is 17.4. The number of ether oxygens (including phenoxy) is 3. The topological polar surface area (TPSA) is 64.1 Å². The number of methoxy groups -OCH3 is 3. The lowest BCUT2D eigenvalue weighted by molar-refractivity contribution is 0.347. The molecule has 1 aromatic rings. The number of hydrogen-bond donors (Lipinski definition) is 2. The first kappa shape index (κ1) is 21.7. The van der Waals surface area contributed by atoms with Gasteiger partial charge in [-0.3, -0.25) is 4.99 Å². The van der Waals surface area contributed by atoms with Crippen LogP contribution in [0.4, 0.5) is 0 Å². The van der Waals surface area contributed by atoms with E-state index in [2.05, 4.69) is 15.6 Å². The maximum absolute atomic E-state index is 5.47. The highest BCUT2D eigenvalue weighted by molar-refractivity contribution is 14.0. The molecule has 6 nitrogen and oxygen atoms in total. The summed E-state index contributed by atoms with van der Waals surface area (Å²) in [5, 5.41) is 6.87. The van der Waals surface area contributed by atoms with E-state index in [1.165, 1.54) is 32.1 Å². The van der Waals surface area contributed by atoms with Crippen LogP contribution >= 0.6 is 24.0 Å². The van der Waals surface area contributed by atoms with Crippen molar-refractivity contribution in [1.82, 2.24) is 10.6 Å². The zero-order valence-electron chi connectivity index (χ0n) is 15.6. The minimum Gasteiger partial charge on any atom is -0.496 e. The fourth-order valence-electron chi connectivity index (χ4n) is 3.04. The third-order valence-corrected chi connectivity index (χ3v) is 4.40. The summed E-state index contributed by atoms with van der Waals surface area (Å²) in [6.07, 6.45) is 6.34. The first-order valence-electron chi connectivity index (χ1n) is 8.47. The van der Waals surface area contributed by atoms with Gasteiger partial charge in [-0.25, -0.2) is 0 Å². The molecular formula is C18H30IN3O3. The summed E-state index contributed by atoms with van der Waals surface area (Å²) in [6.45, 7) is 0.593. The number of nitrogens with zero attached hydrogens (tertiary/aromatic N) is 1. The summed E-state index contributed by atoms with van der Waals surface area (Å²) in [5.41, 5.74) is 0.988. The normalized spacial score (nSPS) is 15.1. The monoisotopic (exact) mass is 463 g/mol. The van der Waals surface area contributed by atoms with Gasteiger partial charge in [-0.05, 0) is 18.9 Å². The zero-order valence-corrected chi connectivity index (χ0v) is 17.9. The molecule has 1 aliphatic rings. The summed E-state index contributed by atoms with van der Waals surface area (Å²) < 4.78 is 16.2. The standard InChI is InChI=1S/C18H29N3O3.HI/c1-19-18(21-14-8-6-5-7-9-14)20-12-13-10-16(23-3)17(24-4)11-15(13)22-2;/h10-11,14H,5-9,12H2,1-4H3,(H2,19,20,21);1H. The van der Waals surface area contributed by atoms with Crippen molar-refractivity contribution >= 4 is 29.9 Å². The molecule has 0 radical (unpaired) electrons. The van der Waals surface area contributed by atoms with Gasteiger partial charge in [-0.15, -0.1) is 24.0 Å². The molecule has 1 aliphatic carbocycles. The van der Waals surface area contributed by atoms with E-state index in [4.69, 9.17) is 14.2 Å². The second-order valence-electron chi connectivity index (χ2n) is 5.92. The highest BCUT2D eigenvalue weighted by Crippen LogP contribution is 2.34. The molecule has 1 saturated carbocycles. The minimum absolute atomic E-state index is 0. The average molecular weight is 463 g/mol. The van der Waals surface area contributed by atoms with Crippen molar-refractivity contribution < 1.29 is 14.2 Å². The van der Waals surface area contributed by atoms with Crippen molar-refractivity contribution in [2.24, 2.45) is 4.99 Å². The van der Waals surface area contributed by atoms with Gasteiger partial charge >= 0.3 is 0 Å². The summed E-state index contributed by atoms with van der Waals surface area (Å²) in [5.74, 6) is 2.92. The largest absolute Gasteiger partial charge is 0.496 e. The van der Waals surface area contributed by atoms with Crippen LogP contribution in [0.5, 0.6) is 17.2 Å². The predicted octanol–water partition coefficient (Wildman–Crippen LogP) is 3.33. The fourth-order valence-corrected chi connectivity index (χ4v) is 3.04. The Hall–Kier alpha value is -1.38. The van der Waals surface area contributed by atoms with Crippen LogP contribution in [0.3, 0.4) is 0 Å². The summed E-state index contributed by atoms with van der Waals surface area (Å²) in [4.78, 5) is 4.33. The number of nitrogens with one attached hydrogen (secondary N) is 2. The van der Waals surface area contributed by atoms with Crippen LogP contribution in [0.25, 0.3) is 0 Å². The van der Waals surface area contributed by atoms with Crippen molar-refractivity contribution in [3.8, 4) is 17.2 Å². The maximum atomic E-state index is 5.47. The van der Waals surface area contributed by atoms with Crippen LogP contribution in [0.15, 0.2) is 17.1 Å². The molecule has 0 saturated heterocycles. The summed E-state index contributed by atoms with van der Waals surface area (Å²) in [6, 6.07) is 4.28. The quantitative estimate of drug-likeness (QED) is 0.385. The van der Waals surface area contributed by atoms with Gasteiger partial charge in [-0.1, -0.05) is 19.3 Å². The van der Waals surface area contributed by atoms with Crippen LogP contribution in [0.2, 0.25) is 0 Å². The Morgan fingerprint density at radius 3 is 2.16 bits per heavy atom. The number of benzene rings is 1. The first-order chi connectivity index (χ1) is 11.7. The third kappa shape index (κ3) is 6.13. The highest BCUT2D eigenvalue weighted by Gasteiger charge is 2.16. The van der Waals surface area contributed by atoms with E-state index in [1.54, 1.807) is 28.4 Å². The van der Waals surface area contributed by atoms with Gasteiger partial charge in [0, 0.05) is 31.3 Å². The lowest BCUT2D eigenvalue weighted by Gasteiger charge is -2.25. The molecule has 142 valence electrons. The Kier molecular flexibility index (Phi) is 9.77. The van der Waals surface area contributed by atoms with E-state index in [-0.39, 0.29) is 24.0 Å². The van der Waals surface area contributed by atoms with Crippen LogP contribution < -0.4 is 24.8 Å². The van der Waals surface area contributed by atoms with Crippen LogP contribution in [-0.4, -0.2) is 40.4 Å². The lowest BCUT2D eigenvalue weighted by atomic mass is 9.96. The molecule has 0 bridgehead atoms. The second-order valence-corrected chi connectivity index (χ2v) is 5.92. The summed E-state index contributed by atoms with van der Waals surface area (Å²) >= 11 is 0. The van der Waals surface area contributed by atoms with Gasteiger partial charge in [-0.2, -0.15) is 0 Å². The molecule has 0 amide bonds. The smallest absolute Gasteiger partial charge is 0.191 e. The second kappa shape index (κ2) is 11.3. The van der Waals surface area contributed by atoms with Crippen LogP contribution in [0, 0.1) is 0 Å². The molecular weight excluding hydrogens is 433 g/mol. The van der Waals surface area contributed by atoms with Crippen LogP contribution in [0.1, 0.15) is 37.7 Å². The molecule has 0 spiro atoms. The number of halogens is 1. The van der Waals surface area contributed by atoms with Gasteiger partial charge in [0.05, 0.1) is 21.3 Å². The summed E-state index contributed by atoms with van der Waals surface area (Å²) in [7, 11) is 6.69. The van der Waals surface area contributed by atoms with Crippen molar-refractivity contribution in [3.63, 3.8) is 0 Å². The number of rotatable bonds is 6. The van der Waals surface area contributed by atoms with Crippen molar-refractivity contribution in [2.45, 2.75) is 44.7 Å². The van der Waals surface area contributed by atoms with Crippen LogP contribution in [-0.2, 0) is 6.54 Å². The molecule has 7 heteroatoms. The number of guanidine groups is 1. The average Bonchev–Trinajstić information content (AvgIpc) is 2.65. The van der Waals surface area contributed by atoms with E-state index in [9.17, 15) is 0 Å². The van der Waals surface area contributed by atoms with E-state index in [0.717, 1.165) is 17.3 Å². The van der Waals surface area contributed by atoms with E-state index < -0.39 is 0 Å². The minimum atomic E-state index is 0. The van der Waals surface area contributed by atoms with Gasteiger partial charge < -0.3 is 24.8 Å². The first-order valence-corrected chi connectivity index (χ1v) is 8.47. The molecule has 1 fully saturated rings. The van der Waals surface area contributed by atoms with E-state index in [1.807, 2.05) is 12.1 Å². The molecule has 1 aromatic carbocycles. The SMILES string of the molecule is CN=C(NCc1cc(OC)c(OC)cc1OC)NC1CCCCC1.I. The Bertz CT molecular complexity index is 561. The molecule has 0 aromatic heterocycles. The Balaban J connectivity index is 0.00000312. The molecule has 0 atom stereocenters. The molecule has 0 aliphatic heterocycles. The Morgan fingerprint density at radius 1 is 1.00 bits per heavy atom. The fraction of sp³-hybridized carbons (Fsp3) is 0.611. The van der Waals surface area contributed by atoms with E-state index in [0.29, 0.717) is 24.1 Å². The molecule has 25 heavy (non-hydrogen) atoms. The van der Waals surface area contributed by atoms with Gasteiger partial charge in [0.15, 0.2) is 17.5 Å². The number of aliphatic imine (C=N–C) groups is 1. The van der Waals surface area contributed by atoms with Crippen molar-refractivity contribution in [3.05, 3.63) is 17.7 Å². The highest BCUT2D eigenvalue weighted by atomic mass is 127. The Morgan fingerprint density at radius 2 is 1.60 bits per heavy atom. The molecule has 2 rings (SSSR count). The molecule has 2 N–H and O–H groups in total. The molecule has 0 unspecified atom stereocenters. The van der Waals surface area contributed by atoms with Gasteiger partial charge in [0.1, 0.15) is 5.75 Å². The number of hydrogen-bond acceptors (Lipinski definition) is 4. The van der Waals surface area contributed by atoms with Crippen molar-refractivity contribution in [2.75, 3.05) is 28.4 Å². The molecule has 0 heterocycles. The van der Waals surface area contributed by atoms with Crippen molar-refractivity contribution in [1.29, 1.82) is 0 Å². The lowest BCUT2D eigenvalue weighted by Crippen LogP contribution is -2.43. The maximum Gasteiger partial charge on any atom is 0.191 e. The van der Waals surface area contributed by atoms with E-state index >= 15 is 0 Å². The van der Waals surface area contributed by atoms with Gasteiger partial charge in [0.25, 0.3) is 0 Å². The predicted molar refractivity (Wildman–Crippen MR) is 112 cm³/mol. The Labute approximate surface area is 167 Å². The van der Waals surface area contributed by atoms with Gasteiger partial charge in [0.2, 0.25) is 0 Å².